The monoisotopic (exact) mass is 289 g/mol. The number of nitrogens with zero attached hydrogens (tertiary/aromatic N) is 1. The van der Waals surface area contributed by atoms with Gasteiger partial charge >= 0.3 is 0 Å². The molecule has 0 unspecified atom stereocenters. The average Bonchev–Trinajstić information content (AvgIpc) is 2.62. The van der Waals surface area contributed by atoms with Crippen LogP contribution in [0, 0.1) is 0 Å². The van der Waals surface area contributed by atoms with E-state index in [2.05, 4.69) is 4.98 Å². The van der Waals surface area contributed by atoms with E-state index in [1.54, 1.807) is 19.2 Å². The summed E-state index contributed by atoms with van der Waals surface area (Å²) in [6.45, 7) is 0. The molecule has 0 aliphatic carbocycles. The van der Waals surface area contributed by atoms with Crippen molar-refractivity contribution < 1.29 is 9.53 Å². The van der Waals surface area contributed by atoms with Gasteiger partial charge in [0.15, 0.2) is 0 Å². The zero-order valence-corrected chi connectivity index (χ0v) is 12.2. The van der Waals surface area contributed by atoms with Gasteiger partial charge in [0.2, 0.25) is 0 Å². The summed E-state index contributed by atoms with van der Waals surface area (Å²) in [4.78, 5) is 15.9. The number of aldehydes is 1. The van der Waals surface area contributed by atoms with Crippen LogP contribution in [0.3, 0.4) is 0 Å². The van der Waals surface area contributed by atoms with Gasteiger partial charge in [0.1, 0.15) is 12.0 Å². The lowest BCUT2D eigenvalue weighted by Gasteiger charge is -2.07. The molecular formula is C19H15NO2. The molecular weight excluding hydrogens is 274 g/mol. The minimum absolute atomic E-state index is 0.611. The Morgan fingerprint density at radius 2 is 1.45 bits per heavy atom. The van der Waals surface area contributed by atoms with E-state index in [4.69, 9.17) is 4.74 Å². The van der Waals surface area contributed by atoms with Crippen LogP contribution >= 0.6 is 0 Å². The molecule has 3 rings (SSSR count). The number of aromatic nitrogens is 1. The Labute approximate surface area is 129 Å². The Morgan fingerprint density at radius 3 is 2.00 bits per heavy atom. The Morgan fingerprint density at radius 1 is 0.864 bits per heavy atom. The van der Waals surface area contributed by atoms with Crippen LogP contribution in [-0.2, 0) is 0 Å². The van der Waals surface area contributed by atoms with Crippen LogP contribution in [-0.4, -0.2) is 18.4 Å². The van der Waals surface area contributed by atoms with Crippen LogP contribution in [0.4, 0.5) is 0 Å². The van der Waals surface area contributed by atoms with E-state index in [0.29, 0.717) is 5.56 Å². The first-order valence-electron chi connectivity index (χ1n) is 6.97. The van der Waals surface area contributed by atoms with E-state index in [-0.39, 0.29) is 0 Å². The SMILES string of the molecule is COc1ccc(-c2cc(C=O)cc(-c3ccccc3)n2)cc1. The zero-order chi connectivity index (χ0) is 15.4. The number of ether oxygens (including phenoxy) is 1. The van der Waals surface area contributed by atoms with Gasteiger partial charge in [-0.25, -0.2) is 4.98 Å². The second-order valence-corrected chi connectivity index (χ2v) is 4.88. The molecule has 0 saturated heterocycles. The number of carbonyl (C=O) groups is 1. The van der Waals surface area contributed by atoms with Crippen molar-refractivity contribution in [1.29, 1.82) is 0 Å². The first-order chi connectivity index (χ1) is 10.8. The molecule has 3 heteroatoms. The van der Waals surface area contributed by atoms with Gasteiger partial charge < -0.3 is 4.74 Å². The molecule has 22 heavy (non-hydrogen) atoms. The summed E-state index contributed by atoms with van der Waals surface area (Å²) in [5.41, 5.74) is 4.10. The molecule has 0 amide bonds. The van der Waals surface area contributed by atoms with E-state index in [1.807, 2.05) is 54.6 Å². The second-order valence-electron chi connectivity index (χ2n) is 4.88. The van der Waals surface area contributed by atoms with Crippen LogP contribution in [0.1, 0.15) is 10.4 Å². The second kappa shape index (κ2) is 6.22. The highest BCUT2D eigenvalue weighted by molar-refractivity contribution is 5.81. The van der Waals surface area contributed by atoms with Gasteiger partial charge in [0.05, 0.1) is 18.5 Å². The van der Waals surface area contributed by atoms with Crippen molar-refractivity contribution >= 4 is 6.29 Å². The highest BCUT2D eigenvalue weighted by Gasteiger charge is 2.07. The first-order valence-corrected chi connectivity index (χ1v) is 6.97. The molecule has 1 heterocycles. The lowest BCUT2D eigenvalue weighted by Crippen LogP contribution is -1.92. The summed E-state index contributed by atoms with van der Waals surface area (Å²) in [5.74, 6) is 0.790. The summed E-state index contributed by atoms with van der Waals surface area (Å²) < 4.78 is 5.17. The molecule has 3 nitrogen and oxygen atoms in total. The number of carbonyl (C=O) groups excluding carboxylic acids is 1. The highest BCUT2D eigenvalue weighted by atomic mass is 16.5. The summed E-state index contributed by atoms with van der Waals surface area (Å²) >= 11 is 0. The molecule has 0 aliphatic heterocycles. The predicted molar refractivity (Wildman–Crippen MR) is 87.0 cm³/mol. The summed E-state index contributed by atoms with van der Waals surface area (Å²) in [7, 11) is 1.63. The van der Waals surface area contributed by atoms with Gasteiger partial charge in [-0.15, -0.1) is 0 Å². The smallest absolute Gasteiger partial charge is 0.150 e. The van der Waals surface area contributed by atoms with Crippen molar-refractivity contribution in [2.45, 2.75) is 0 Å². The Balaban J connectivity index is 2.09. The highest BCUT2D eigenvalue weighted by Crippen LogP contribution is 2.25. The number of hydrogen-bond acceptors (Lipinski definition) is 3. The van der Waals surface area contributed by atoms with E-state index in [9.17, 15) is 4.79 Å². The lowest BCUT2D eigenvalue weighted by atomic mass is 10.1. The number of benzene rings is 2. The van der Waals surface area contributed by atoms with Crippen LogP contribution in [0.25, 0.3) is 22.5 Å². The fraction of sp³-hybridized carbons (Fsp3) is 0.0526. The van der Waals surface area contributed by atoms with Crippen molar-refractivity contribution in [2.24, 2.45) is 0 Å². The lowest BCUT2D eigenvalue weighted by molar-refractivity contribution is 0.112. The molecule has 0 radical (unpaired) electrons. The van der Waals surface area contributed by atoms with Gasteiger partial charge in [-0.05, 0) is 36.4 Å². The molecule has 0 aliphatic rings. The van der Waals surface area contributed by atoms with Crippen molar-refractivity contribution in [1.82, 2.24) is 4.98 Å². The van der Waals surface area contributed by atoms with E-state index >= 15 is 0 Å². The fourth-order valence-corrected chi connectivity index (χ4v) is 2.29. The Kier molecular flexibility index (Phi) is 3.97. The zero-order valence-electron chi connectivity index (χ0n) is 12.2. The van der Waals surface area contributed by atoms with E-state index < -0.39 is 0 Å². The summed E-state index contributed by atoms with van der Waals surface area (Å²) in [6.07, 6.45) is 0.848. The quantitative estimate of drug-likeness (QED) is 0.674. The van der Waals surface area contributed by atoms with Gasteiger partial charge in [-0.3, -0.25) is 4.79 Å². The largest absolute Gasteiger partial charge is 0.497 e. The predicted octanol–water partition coefficient (Wildman–Crippen LogP) is 4.24. The van der Waals surface area contributed by atoms with Crippen molar-refractivity contribution in [2.75, 3.05) is 7.11 Å². The molecule has 0 spiro atoms. The first kappa shape index (κ1) is 14.0. The maximum Gasteiger partial charge on any atom is 0.150 e. The maximum atomic E-state index is 11.2. The third-order valence-corrected chi connectivity index (χ3v) is 3.44. The third kappa shape index (κ3) is 2.88. The van der Waals surface area contributed by atoms with Gasteiger partial charge in [0, 0.05) is 16.7 Å². The summed E-state index contributed by atoms with van der Waals surface area (Å²) in [5, 5.41) is 0. The van der Waals surface area contributed by atoms with Crippen LogP contribution < -0.4 is 4.74 Å². The minimum atomic E-state index is 0.611. The third-order valence-electron chi connectivity index (χ3n) is 3.44. The maximum absolute atomic E-state index is 11.2. The fourth-order valence-electron chi connectivity index (χ4n) is 2.29. The van der Waals surface area contributed by atoms with Gasteiger partial charge in [-0.2, -0.15) is 0 Å². The number of pyridine rings is 1. The van der Waals surface area contributed by atoms with Crippen molar-refractivity contribution in [3.8, 4) is 28.3 Å². The van der Waals surface area contributed by atoms with Crippen molar-refractivity contribution in [3.05, 3.63) is 72.3 Å². The number of rotatable bonds is 4. The molecule has 2 aromatic carbocycles. The Hall–Kier alpha value is -2.94. The number of methoxy groups -OCH3 is 1. The molecule has 1 aromatic heterocycles. The van der Waals surface area contributed by atoms with E-state index in [1.165, 1.54) is 0 Å². The molecule has 0 N–H and O–H groups in total. The molecule has 3 aromatic rings. The van der Waals surface area contributed by atoms with Crippen LogP contribution in [0.5, 0.6) is 5.75 Å². The van der Waals surface area contributed by atoms with E-state index in [0.717, 1.165) is 34.6 Å². The molecule has 0 saturated carbocycles. The normalized spacial score (nSPS) is 10.2. The molecule has 0 bridgehead atoms. The molecule has 108 valence electrons. The molecule has 0 atom stereocenters. The minimum Gasteiger partial charge on any atom is -0.497 e. The van der Waals surface area contributed by atoms with Crippen LogP contribution in [0.15, 0.2) is 66.7 Å². The standard InChI is InChI=1S/C19H15NO2/c1-22-17-9-7-16(8-10-17)19-12-14(13-21)11-18(20-19)15-5-3-2-4-6-15/h2-13H,1H3. The summed E-state index contributed by atoms with van der Waals surface area (Å²) in [6, 6.07) is 21.1. The number of hydrogen-bond donors (Lipinski definition) is 0. The van der Waals surface area contributed by atoms with Crippen molar-refractivity contribution in [3.63, 3.8) is 0 Å². The molecule has 0 fully saturated rings. The van der Waals surface area contributed by atoms with Gasteiger partial charge in [-0.1, -0.05) is 30.3 Å². The van der Waals surface area contributed by atoms with Gasteiger partial charge in [0.25, 0.3) is 0 Å². The van der Waals surface area contributed by atoms with Crippen LogP contribution in [0.2, 0.25) is 0 Å². The average molecular weight is 289 g/mol. The topological polar surface area (TPSA) is 39.2 Å². The Bertz CT molecular complexity index is 780.